The van der Waals surface area contributed by atoms with Crippen molar-refractivity contribution in [3.63, 3.8) is 0 Å². The number of hydrogen-bond donors (Lipinski definition) is 1. The SMILES string of the molecule is Cc1ccc(-c2ccc([C@H]3[C@@H](c4ccccn4)NC(=S)N3Cc3ccccn3)o2)c(Br)c1. The Labute approximate surface area is 200 Å². The molecule has 2 atom stereocenters. The van der Waals surface area contributed by atoms with Crippen LogP contribution < -0.4 is 5.32 Å². The Kier molecular flexibility index (Phi) is 5.76. The van der Waals surface area contributed by atoms with E-state index in [4.69, 9.17) is 16.6 Å². The molecule has 0 unspecified atom stereocenters. The van der Waals surface area contributed by atoms with Crippen molar-refractivity contribution in [3.8, 4) is 11.3 Å². The van der Waals surface area contributed by atoms with Gasteiger partial charge in [-0.2, -0.15) is 0 Å². The van der Waals surface area contributed by atoms with E-state index in [1.54, 1.807) is 12.4 Å². The van der Waals surface area contributed by atoms with Gasteiger partial charge in [0.2, 0.25) is 0 Å². The second kappa shape index (κ2) is 8.84. The molecule has 0 amide bonds. The molecule has 7 heteroatoms. The Morgan fingerprint density at radius 2 is 1.84 bits per heavy atom. The fraction of sp³-hybridized carbons (Fsp3) is 0.160. The zero-order valence-electron chi connectivity index (χ0n) is 17.4. The fourth-order valence-electron chi connectivity index (χ4n) is 4.03. The molecular weight excluding hydrogens is 484 g/mol. The number of nitrogens with zero attached hydrogens (tertiary/aromatic N) is 3. The first-order valence-electron chi connectivity index (χ1n) is 10.3. The molecule has 1 N–H and O–H groups in total. The van der Waals surface area contributed by atoms with Gasteiger partial charge in [0.1, 0.15) is 17.6 Å². The number of thiocarbonyl (C=S) groups is 1. The monoisotopic (exact) mass is 504 g/mol. The molecule has 4 aromatic rings. The summed E-state index contributed by atoms with van der Waals surface area (Å²) in [6, 6.07) is 21.8. The van der Waals surface area contributed by atoms with Crippen LogP contribution in [0.1, 0.15) is 34.8 Å². The molecule has 0 bridgehead atoms. The van der Waals surface area contributed by atoms with Crippen LogP contribution in [-0.4, -0.2) is 20.0 Å². The summed E-state index contributed by atoms with van der Waals surface area (Å²) < 4.78 is 7.43. The molecule has 0 saturated carbocycles. The van der Waals surface area contributed by atoms with Crippen LogP contribution in [0, 0.1) is 6.92 Å². The molecule has 0 radical (unpaired) electrons. The van der Waals surface area contributed by atoms with Crippen molar-refractivity contribution in [2.45, 2.75) is 25.6 Å². The topological polar surface area (TPSA) is 54.2 Å². The summed E-state index contributed by atoms with van der Waals surface area (Å²) in [5, 5.41) is 4.11. The Hall–Kier alpha value is -3.03. The van der Waals surface area contributed by atoms with Crippen LogP contribution in [0.5, 0.6) is 0 Å². The van der Waals surface area contributed by atoms with Gasteiger partial charge in [-0.25, -0.2) is 0 Å². The predicted octanol–water partition coefficient (Wildman–Crippen LogP) is 5.98. The van der Waals surface area contributed by atoms with Gasteiger partial charge >= 0.3 is 0 Å². The van der Waals surface area contributed by atoms with Crippen molar-refractivity contribution >= 4 is 33.3 Å². The highest BCUT2D eigenvalue weighted by molar-refractivity contribution is 9.10. The number of nitrogens with one attached hydrogen (secondary N) is 1. The van der Waals surface area contributed by atoms with E-state index in [0.717, 1.165) is 32.9 Å². The summed E-state index contributed by atoms with van der Waals surface area (Å²) in [5.41, 5.74) is 4.06. The van der Waals surface area contributed by atoms with Crippen LogP contribution in [0.3, 0.4) is 0 Å². The van der Waals surface area contributed by atoms with Crippen LogP contribution in [0.4, 0.5) is 0 Å². The van der Waals surface area contributed by atoms with Crippen molar-refractivity contribution in [1.82, 2.24) is 20.2 Å². The van der Waals surface area contributed by atoms with Gasteiger partial charge in [0, 0.05) is 22.4 Å². The molecule has 160 valence electrons. The molecule has 1 aliphatic rings. The lowest BCUT2D eigenvalue weighted by Crippen LogP contribution is -2.29. The van der Waals surface area contributed by atoms with Crippen LogP contribution in [0.2, 0.25) is 0 Å². The van der Waals surface area contributed by atoms with Crippen LogP contribution in [-0.2, 0) is 6.54 Å². The van der Waals surface area contributed by atoms with Gasteiger partial charge in [0.25, 0.3) is 0 Å². The zero-order valence-corrected chi connectivity index (χ0v) is 19.8. The van der Waals surface area contributed by atoms with E-state index in [0.29, 0.717) is 11.7 Å². The summed E-state index contributed by atoms with van der Waals surface area (Å²) in [6.07, 6.45) is 3.60. The van der Waals surface area contributed by atoms with Gasteiger partial charge < -0.3 is 14.6 Å². The number of aromatic nitrogens is 2. The van der Waals surface area contributed by atoms with E-state index in [-0.39, 0.29) is 12.1 Å². The lowest BCUT2D eigenvalue weighted by atomic mass is 10.0. The third-order valence-electron chi connectivity index (χ3n) is 5.56. The van der Waals surface area contributed by atoms with Gasteiger partial charge in [0.15, 0.2) is 5.11 Å². The van der Waals surface area contributed by atoms with Gasteiger partial charge in [0.05, 0.1) is 24.0 Å². The fourth-order valence-corrected chi connectivity index (χ4v) is 5.02. The minimum absolute atomic E-state index is 0.132. The maximum atomic E-state index is 6.42. The van der Waals surface area contributed by atoms with E-state index < -0.39 is 0 Å². The average molecular weight is 505 g/mol. The van der Waals surface area contributed by atoms with Crippen molar-refractivity contribution in [1.29, 1.82) is 0 Å². The summed E-state index contributed by atoms with van der Waals surface area (Å²) >= 11 is 9.41. The molecule has 0 spiro atoms. The van der Waals surface area contributed by atoms with E-state index >= 15 is 0 Å². The maximum absolute atomic E-state index is 6.42. The summed E-state index contributed by atoms with van der Waals surface area (Å²) in [5.74, 6) is 1.63. The number of hydrogen-bond acceptors (Lipinski definition) is 4. The molecule has 5 nitrogen and oxygen atoms in total. The molecule has 5 rings (SSSR count). The lowest BCUT2D eigenvalue weighted by molar-refractivity contribution is 0.267. The third kappa shape index (κ3) is 4.06. The van der Waals surface area contributed by atoms with Crippen molar-refractivity contribution in [2.24, 2.45) is 0 Å². The van der Waals surface area contributed by atoms with Gasteiger partial charge in [-0.1, -0.05) is 34.1 Å². The second-order valence-corrected chi connectivity index (χ2v) is 9.00. The number of halogens is 1. The first-order valence-corrected chi connectivity index (χ1v) is 11.5. The Morgan fingerprint density at radius 3 is 2.56 bits per heavy atom. The Bertz CT molecular complexity index is 1250. The average Bonchev–Trinajstić information content (AvgIpc) is 3.40. The number of rotatable bonds is 5. The summed E-state index contributed by atoms with van der Waals surface area (Å²) in [4.78, 5) is 11.2. The number of aryl methyl sites for hydroxylation is 1. The Balaban J connectivity index is 1.55. The summed E-state index contributed by atoms with van der Waals surface area (Å²) in [7, 11) is 0. The minimum atomic E-state index is -0.155. The quantitative estimate of drug-likeness (QED) is 0.337. The van der Waals surface area contributed by atoms with Crippen LogP contribution in [0.15, 0.2) is 88.0 Å². The maximum Gasteiger partial charge on any atom is 0.170 e. The standard InChI is InChI=1S/C25H21BrN4OS/c1-16-8-9-18(19(26)14-16)21-10-11-22(31-21)24-23(20-7-3-5-13-28-20)29-25(32)30(24)15-17-6-2-4-12-27-17/h2-14,23-24H,15H2,1H3,(H,29,32)/t23-,24+/m1/s1. The number of furan rings is 1. The van der Waals surface area contributed by atoms with Crippen LogP contribution in [0.25, 0.3) is 11.3 Å². The molecule has 1 fully saturated rings. The van der Waals surface area contributed by atoms with E-state index in [1.165, 1.54) is 5.56 Å². The predicted molar refractivity (Wildman–Crippen MR) is 132 cm³/mol. The highest BCUT2D eigenvalue weighted by Gasteiger charge is 2.41. The lowest BCUT2D eigenvalue weighted by Gasteiger charge is -2.25. The van der Waals surface area contributed by atoms with Crippen molar-refractivity contribution < 1.29 is 4.42 Å². The minimum Gasteiger partial charge on any atom is -0.459 e. The van der Waals surface area contributed by atoms with E-state index in [1.807, 2.05) is 48.5 Å². The molecule has 4 heterocycles. The first-order chi connectivity index (χ1) is 15.6. The zero-order chi connectivity index (χ0) is 22.1. The van der Waals surface area contributed by atoms with E-state index in [2.05, 4.69) is 61.2 Å². The third-order valence-corrected chi connectivity index (χ3v) is 6.57. The first kappa shape index (κ1) is 20.8. The van der Waals surface area contributed by atoms with Gasteiger partial charge in [-0.3, -0.25) is 9.97 Å². The molecule has 1 saturated heterocycles. The van der Waals surface area contributed by atoms with Gasteiger partial charge in [-0.05, 0) is 73.2 Å². The van der Waals surface area contributed by atoms with Crippen LogP contribution >= 0.6 is 28.1 Å². The number of pyridine rings is 2. The smallest absolute Gasteiger partial charge is 0.170 e. The Morgan fingerprint density at radius 1 is 1.03 bits per heavy atom. The molecular formula is C25H21BrN4OS. The molecule has 1 aliphatic heterocycles. The largest absolute Gasteiger partial charge is 0.459 e. The number of benzene rings is 1. The van der Waals surface area contributed by atoms with Crippen molar-refractivity contribution in [3.05, 3.63) is 106 Å². The highest BCUT2D eigenvalue weighted by atomic mass is 79.9. The molecule has 32 heavy (non-hydrogen) atoms. The highest BCUT2D eigenvalue weighted by Crippen LogP contribution is 2.41. The second-order valence-electron chi connectivity index (χ2n) is 7.76. The molecule has 1 aromatic carbocycles. The van der Waals surface area contributed by atoms with E-state index in [9.17, 15) is 0 Å². The normalized spacial score (nSPS) is 18.1. The van der Waals surface area contributed by atoms with Crippen molar-refractivity contribution in [2.75, 3.05) is 0 Å². The van der Waals surface area contributed by atoms with Gasteiger partial charge in [-0.15, -0.1) is 0 Å². The molecule has 3 aromatic heterocycles. The summed E-state index contributed by atoms with van der Waals surface area (Å²) in [6.45, 7) is 2.64. The molecule has 0 aliphatic carbocycles.